The Hall–Kier alpha value is -2.04. The highest BCUT2D eigenvalue weighted by atomic mass is 16.5. The molecular weight excluding hydrogens is 258 g/mol. The zero-order valence-corrected chi connectivity index (χ0v) is 11.9. The van der Waals surface area contributed by atoms with E-state index in [0.717, 1.165) is 24.0 Å². The van der Waals surface area contributed by atoms with Crippen LogP contribution in [0.4, 0.5) is 4.79 Å². The van der Waals surface area contributed by atoms with E-state index in [0.29, 0.717) is 6.61 Å². The number of alkyl carbamates (subject to hydrolysis) is 1. The number of ether oxygens (including phenoxy) is 1. The lowest BCUT2D eigenvalue weighted by Crippen LogP contribution is -2.42. The predicted molar refractivity (Wildman–Crippen MR) is 75.7 cm³/mol. The molecule has 0 aromatic heterocycles. The summed E-state index contributed by atoms with van der Waals surface area (Å²) in [6.45, 7) is 4.25. The number of hydrogen-bond donors (Lipinski definition) is 2. The quantitative estimate of drug-likeness (QED) is 0.752. The van der Waals surface area contributed by atoms with Gasteiger partial charge < -0.3 is 15.2 Å². The van der Waals surface area contributed by atoms with Crippen molar-refractivity contribution in [2.45, 2.75) is 39.2 Å². The Morgan fingerprint density at radius 1 is 1.30 bits per heavy atom. The van der Waals surface area contributed by atoms with Crippen LogP contribution in [-0.2, 0) is 16.0 Å². The van der Waals surface area contributed by atoms with E-state index in [1.807, 2.05) is 38.1 Å². The van der Waals surface area contributed by atoms with E-state index in [-0.39, 0.29) is 6.42 Å². The maximum Gasteiger partial charge on any atom is 0.407 e. The number of carbonyl (C=O) groups is 2. The molecular formula is C15H21NO4. The first-order chi connectivity index (χ1) is 9.52. The van der Waals surface area contributed by atoms with Crippen LogP contribution in [0.3, 0.4) is 0 Å². The minimum atomic E-state index is -1.07. The molecule has 0 aliphatic heterocycles. The molecule has 1 rings (SSSR count). The summed E-state index contributed by atoms with van der Waals surface area (Å²) in [5.41, 5.74) is 1.96. The third kappa shape index (κ3) is 5.73. The fourth-order valence-corrected chi connectivity index (χ4v) is 1.65. The Bertz CT molecular complexity index is 442. The summed E-state index contributed by atoms with van der Waals surface area (Å²) in [6.07, 6.45) is 1.23. The lowest BCUT2D eigenvalue weighted by Gasteiger charge is -2.14. The lowest BCUT2D eigenvalue weighted by molar-refractivity contribution is -0.139. The molecule has 0 spiro atoms. The third-order valence-electron chi connectivity index (χ3n) is 2.88. The van der Waals surface area contributed by atoms with E-state index in [9.17, 15) is 9.59 Å². The van der Waals surface area contributed by atoms with Gasteiger partial charge in [-0.15, -0.1) is 0 Å². The molecule has 110 valence electrons. The number of aryl methyl sites for hydroxylation is 1. The molecule has 0 saturated carbocycles. The Morgan fingerprint density at radius 2 is 1.95 bits per heavy atom. The van der Waals surface area contributed by atoms with Crippen molar-refractivity contribution in [1.82, 2.24) is 5.32 Å². The number of amides is 1. The van der Waals surface area contributed by atoms with Crippen LogP contribution in [-0.4, -0.2) is 29.8 Å². The molecule has 1 unspecified atom stereocenters. The summed E-state index contributed by atoms with van der Waals surface area (Å²) in [5.74, 6) is -1.07. The standard InChI is InChI=1S/C15H21NO4/c1-3-4-9-20-15(19)16-13(14(17)18)10-12-7-5-11(2)6-8-12/h5-8,13H,3-4,9-10H2,1-2H3,(H,16,19)(H,17,18). The number of carboxylic acids is 1. The van der Waals surface area contributed by atoms with Crippen molar-refractivity contribution in [1.29, 1.82) is 0 Å². The highest BCUT2D eigenvalue weighted by Crippen LogP contribution is 2.06. The molecule has 0 aliphatic carbocycles. The lowest BCUT2D eigenvalue weighted by atomic mass is 10.0. The number of carbonyl (C=O) groups excluding carboxylic acids is 1. The van der Waals surface area contributed by atoms with Crippen LogP contribution < -0.4 is 5.32 Å². The molecule has 0 heterocycles. The van der Waals surface area contributed by atoms with E-state index in [4.69, 9.17) is 9.84 Å². The van der Waals surface area contributed by atoms with Gasteiger partial charge in [0.05, 0.1) is 6.61 Å². The number of carboxylic acid groups (broad SMARTS) is 1. The highest BCUT2D eigenvalue weighted by Gasteiger charge is 2.20. The molecule has 1 atom stereocenters. The van der Waals surface area contributed by atoms with Gasteiger partial charge in [-0.2, -0.15) is 0 Å². The molecule has 0 radical (unpaired) electrons. The third-order valence-corrected chi connectivity index (χ3v) is 2.88. The minimum absolute atomic E-state index is 0.235. The summed E-state index contributed by atoms with van der Waals surface area (Å²) in [7, 11) is 0. The van der Waals surface area contributed by atoms with E-state index in [1.165, 1.54) is 0 Å². The molecule has 0 fully saturated rings. The van der Waals surface area contributed by atoms with Crippen molar-refractivity contribution in [3.05, 3.63) is 35.4 Å². The van der Waals surface area contributed by atoms with Crippen molar-refractivity contribution in [2.75, 3.05) is 6.61 Å². The number of aliphatic carboxylic acids is 1. The Kier molecular flexibility index (Phi) is 6.56. The van der Waals surface area contributed by atoms with Gasteiger partial charge in [0.15, 0.2) is 0 Å². The summed E-state index contributed by atoms with van der Waals surface area (Å²) >= 11 is 0. The van der Waals surface area contributed by atoms with Gasteiger partial charge in [-0.25, -0.2) is 9.59 Å². The van der Waals surface area contributed by atoms with Gasteiger partial charge in [0.1, 0.15) is 6.04 Å². The van der Waals surface area contributed by atoms with Crippen LogP contribution in [0.5, 0.6) is 0 Å². The van der Waals surface area contributed by atoms with Crippen molar-refractivity contribution >= 4 is 12.1 Å². The van der Waals surface area contributed by atoms with Crippen LogP contribution in [0.2, 0.25) is 0 Å². The average molecular weight is 279 g/mol. The first-order valence-corrected chi connectivity index (χ1v) is 6.74. The first kappa shape index (κ1) is 16.0. The van der Waals surface area contributed by atoms with Gasteiger partial charge in [0.25, 0.3) is 0 Å². The van der Waals surface area contributed by atoms with Gasteiger partial charge in [0.2, 0.25) is 0 Å². The van der Waals surface area contributed by atoms with Gasteiger partial charge in [-0.1, -0.05) is 43.2 Å². The Labute approximate surface area is 118 Å². The molecule has 1 amide bonds. The van der Waals surface area contributed by atoms with Crippen molar-refractivity contribution < 1.29 is 19.4 Å². The molecule has 2 N–H and O–H groups in total. The second-order valence-corrected chi connectivity index (χ2v) is 4.71. The van der Waals surface area contributed by atoms with Crippen LogP contribution >= 0.6 is 0 Å². The number of nitrogens with one attached hydrogen (secondary N) is 1. The molecule has 0 bridgehead atoms. The smallest absolute Gasteiger partial charge is 0.407 e. The molecule has 5 nitrogen and oxygen atoms in total. The number of rotatable bonds is 7. The van der Waals surface area contributed by atoms with Crippen LogP contribution in [0.25, 0.3) is 0 Å². The molecule has 0 aliphatic rings. The molecule has 1 aromatic rings. The normalized spacial score (nSPS) is 11.7. The first-order valence-electron chi connectivity index (χ1n) is 6.74. The maximum absolute atomic E-state index is 11.5. The number of unbranched alkanes of at least 4 members (excludes halogenated alkanes) is 1. The SMILES string of the molecule is CCCCOC(=O)NC(Cc1ccc(C)cc1)C(=O)O. The summed E-state index contributed by atoms with van der Waals surface area (Å²) in [6, 6.07) is 6.55. The van der Waals surface area contributed by atoms with Gasteiger partial charge in [-0.05, 0) is 18.9 Å². The highest BCUT2D eigenvalue weighted by molar-refractivity contribution is 5.80. The zero-order chi connectivity index (χ0) is 15.0. The van der Waals surface area contributed by atoms with E-state index in [1.54, 1.807) is 0 Å². The van der Waals surface area contributed by atoms with E-state index >= 15 is 0 Å². The Balaban J connectivity index is 2.54. The van der Waals surface area contributed by atoms with Crippen LogP contribution in [0.1, 0.15) is 30.9 Å². The maximum atomic E-state index is 11.5. The zero-order valence-electron chi connectivity index (χ0n) is 11.9. The average Bonchev–Trinajstić information content (AvgIpc) is 2.40. The Morgan fingerprint density at radius 3 is 2.50 bits per heavy atom. The molecule has 1 aromatic carbocycles. The van der Waals surface area contributed by atoms with Crippen LogP contribution in [0.15, 0.2) is 24.3 Å². The second kappa shape index (κ2) is 8.19. The van der Waals surface area contributed by atoms with Gasteiger partial charge in [-0.3, -0.25) is 0 Å². The van der Waals surface area contributed by atoms with Crippen molar-refractivity contribution in [3.63, 3.8) is 0 Å². The topological polar surface area (TPSA) is 75.6 Å². The second-order valence-electron chi connectivity index (χ2n) is 4.71. The van der Waals surface area contributed by atoms with Crippen molar-refractivity contribution in [2.24, 2.45) is 0 Å². The summed E-state index contributed by atoms with van der Waals surface area (Å²) in [4.78, 5) is 22.6. The molecule has 20 heavy (non-hydrogen) atoms. The fraction of sp³-hybridized carbons (Fsp3) is 0.467. The monoisotopic (exact) mass is 279 g/mol. The number of hydrogen-bond acceptors (Lipinski definition) is 3. The summed E-state index contributed by atoms with van der Waals surface area (Å²) in [5, 5.41) is 11.5. The van der Waals surface area contributed by atoms with E-state index in [2.05, 4.69) is 5.32 Å². The predicted octanol–water partition coefficient (Wildman–Crippen LogP) is 2.52. The molecule has 0 saturated heterocycles. The van der Waals surface area contributed by atoms with E-state index < -0.39 is 18.1 Å². The largest absolute Gasteiger partial charge is 0.480 e. The van der Waals surface area contributed by atoms with Gasteiger partial charge >= 0.3 is 12.1 Å². The fourth-order valence-electron chi connectivity index (χ4n) is 1.65. The number of benzene rings is 1. The van der Waals surface area contributed by atoms with Gasteiger partial charge in [0, 0.05) is 6.42 Å². The molecule has 5 heteroatoms. The van der Waals surface area contributed by atoms with Crippen LogP contribution in [0, 0.1) is 6.92 Å². The van der Waals surface area contributed by atoms with Crippen molar-refractivity contribution in [3.8, 4) is 0 Å². The summed E-state index contributed by atoms with van der Waals surface area (Å²) < 4.78 is 4.91. The minimum Gasteiger partial charge on any atom is -0.480 e.